The largest absolute Gasteiger partial charge is 0.242 e. The van der Waals surface area contributed by atoms with E-state index in [1.54, 1.807) is 5.30 Å². The summed E-state index contributed by atoms with van der Waals surface area (Å²) in [6, 6.07) is 25.5. The summed E-state index contributed by atoms with van der Waals surface area (Å²) in [4.78, 5) is 0. The first-order chi connectivity index (χ1) is 22.1. The van der Waals surface area contributed by atoms with Crippen LogP contribution in [-0.4, -0.2) is 30.6 Å². The van der Waals surface area contributed by atoms with Gasteiger partial charge in [0.15, 0.2) is 0 Å². The molecule has 4 heteroatoms. The molecule has 46 heavy (non-hydrogen) atoms. The van der Waals surface area contributed by atoms with Gasteiger partial charge < -0.3 is 0 Å². The zero-order valence-corrected chi connectivity index (χ0v) is 30.3. The lowest BCUT2D eigenvalue weighted by Crippen LogP contribution is -2.58. The van der Waals surface area contributed by atoms with Crippen LogP contribution in [0.15, 0.2) is 66.7 Å². The molecule has 8 bridgehead atoms. The van der Waals surface area contributed by atoms with Gasteiger partial charge in [-0.1, -0.05) is 74.7 Å². The summed E-state index contributed by atoms with van der Waals surface area (Å²) >= 11 is 0. The van der Waals surface area contributed by atoms with Crippen LogP contribution in [0.25, 0.3) is 10.8 Å². The number of rotatable bonds is 7. The highest BCUT2D eigenvalue weighted by Crippen LogP contribution is 2.78. The monoisotopic (exact) mass is 651 g/mol. The van der Waals surface area contributed by atoms with Crippen molar-refractivity contribution in [3.8, 4) is 0 Å². The Morgan fingerprint density at radius 3 is 1.61 bits per heavy atom. The van der Waals surface area contributed by atoms with Crippen molar-refractivity contribution in [2.24, 2.45) is 35.5 Å². The minimum Gasteiger partial charge on any atom is -0.242 e. The van der Waals surface area contributed by atoms with E-state index < -0.39 is 11.0 Å². The van der Waals surface area contributed by atoms with Crippen molar-refractivity contribution in [2.75, 3.05) is 7.05 Å². The van der Waals surface area contributed by atoms with Gasteiger partial charge in [0.25, 0.3) is 0 Å². The SMILES string of the molecule is CN([C@@H](c1ccccc1P(C12CC3CC(CC(C3)C1)C2)C12CC3CC(CC(C3)C1)C2)c1cccc2ccccc12)[S@](=O)C(C)(C)C. The lowest BCUT2D eigenvalue weighted by atomic mass is 9.55. The van der Waals surface area contributed by atoms with Gasteiger partial charge in [-0.2, -0.15) is 0 Å². The van der Waals surface area contributed by atoms with E-state index in [0.717, 1.165) is 35.5 Å². The molecule has 0 aliphatic heterocycles. The quantitative estimate of drug-likeness (QED) is 0.233. The molecule has 0 radical (unpaired) electrons. The van der Waals surface area contributed by atoms with Crippen molar-refractivity contribution in [1.29, 1.82) is 0 Å². The van der Waals surface area contributed by atoms with Gasteiger partial charge in [0.1, 0.15) is 11.0 Å². The molecule has 0 spiro atoms. The number of hydrogen-bond acceptors (Lipinski definition) is 1. The minimum atomic E-state index is -1.16. The van der Waals surface area contributed by atoms with Crippen LogP contribution in [0.2, 0.25) is 0 Å². The lowest BCUT2D eigenvalue weighted by Gasteiger charge is -2.67. The van der Waals surface area contributed by atoms with Crippen molar-refractivity contribution in [1.82, 2.24) is 4.31 Å². The summed E-state index contributed by atoms with van der Waals surface area (Å²) in [5.41, 5.74) is 2.79. The van der Waals surface area contributed by atoms with E-state index in [4.69, 9.17) is 0 Å². The molecule has 3 aromatic carbocycles. The summed E-state index contributed by atoms with van der Waals surface area (Å²) in [5, 5.41) is 5.28. The minimum absolute atomic E-state index is 0.0461. The fourth-order valence-electron chi connectivity index (χ4n) is 13.2. The molecule has 0 saturated heterocycles. The molecular weight excluding hydrogens is 598 g/mol. The zero-order chi connectivity index (χ0) is 31.4. The summed E-state index contributed by atoms with van der Waals surface area (Å²) in [7, 11) is 0.609. The lowest BCUT2D eigenvalue weighted by molar-refractivity contribution is 0.0195. The van der Waals surface area contributed by atoms with Gasteiger partial charge in [0, 0.05) is 7.05 Å². The van der Waals surface area contributed by atoms with Crippen molar-refractivity contribution < 1.29 is 4.21 Å². The Balaban J connectivity index is 1.27. The predicted octanol–water partition coefficient (Wildman–Crippen LogP) is 10.4. The van der Waals surface area contributed by atoms with E-state index in [-0.39, 0.29) is 18.7 Å². The molecule has 2 nitrogen and oxygen atoms in total. The second kappa shape index (κ2) is 11.0. The summed E-state index contributed by atoms with van der Waals surface area (Å²) in [5.74, 6) is 5.76. The molecule has 8 saturated carbocycles. The van der Waals surface area contributed by atoms with Crippen molar-refractivity contribution >= 4 is 35.0 Å². The first-order valence-corrected chi connectivity index (χ1v) is 21.1. The van der Waals surface area contributed by atoms with Crippen LogP contribution < -0.4 is 5.30 Å². The highest BCUT2D eigenvalue weighted by Gasteiger charge is 2.63. The van der Waals surface area contributed by atoms with Crippen molar-refractivity contribution in [3.63, 3.8) is 0 Å². The maximum Gasteiger partial charge on any atom is 0.100 e. The highest BCUT2D eigenvalue weighted by atomic mass is 32.2. The molecule has 244 valence electrons. The van der Waals surface area contributed by atoms with Crippen LogP contribution in [-0.2, 0) is 11.0 Å². The normalized spacial score (nSPS) is 38.0. The molecule has 3 aromatic rings. The average molecular weight is 652 g/mol. The Morgan fingerprint density at radius 1 is 0.652 bits per heavy atom. The first kappa shape index (κ1) is 30.5. The molecule has 0 unspecified atom stereocenters. The van der Waals surface area contributed by atoms with Crippen LogP contribution in [0.4, 0.5) is 0 Å². The molecule has 11 rings (SSSR count). The van der Waals surface area contributed by atoms with E-state index in [1.165, 1.54) is 98.9 Å². The second-order valence-corrected chi connectivity index (χ2v) is 23.4. The van der Waals surface area contributed by atoms with E-state index in [1.807, 2.05) is 0 Å². The molecule has 0 N–H and O–H groups in total. The van der Waals surface area contributed by atoms with E-state index in [9.17, 15) is 4.21 Å². The van der Waals surface area contributed by atoms with Gasteiger partial charge in [0.05, 0.1) is 10.8 Å². The van der Waals surface area contributed by atoms with Gasteiger partial charge in [-0.3, -0.25) is 0 Å². The Labute approximate surface area is 281 Å². The third kappa shape index (κ3) is 4.87. The Hall–Kier alpha value is -1.54. The number of hydrogen-bond donors (Lipinski definition) is 0. The van der Waals surface area contributed by atoms with E-state index in [2.05, 4.69) is 98.9 Å². The third-order valence-electron chi connectivity index (χ3n) is 13.7. The van der Waals surface area contributed by atoms with Crippen LogP contribution >= 0.6 is 7.92 Å². The maximum absolute atomic E-state index is 14.5. The molecule has 2 atom stereocenters. The molecular formula is C42H54NOPS. The first-order valence-electron chi connectivity index (χ1n) is 18.6. The maximum atomic E-state index is 14.5. The van der Waals surface area contributed by atoms with Crippen LogP contribution in [0.3, 0.4) is 0 Å². The van der Waals surface area contributed by atoms with Crippen LogP contribution in [0.5, 0.6) is 0 Å². The molecule has 0 amide bonds. The fourth-order valence-corrected chi connectivity index (χ4v) is 19.8. The Kier molecular flexibility index (Phi) is 7.29. The molecule has 8 fully saturated rings. The van der Waals surface area contributed by atoms with Crippen LogP contribution in [0, 0.1) is 35.5 Å². The van der Waals surface area contributed by atoms with Crippen LogP contribution in [0.1, 0.15) is 115 Å². The van der Waals surface area contributed by atoms with Gasteiger partial charge in [-0.25, -0.2) is 8.51 Å². The Bertz CT molecular complexity index is 1550. The molecule has 0 aromatic heterocycles. The zero-order valence-electron chi connectivity index (χ0n) is 28.6. The number of nitrogens with zero attached hydrogens (tertiary/aromatic N) is 1. The van der Waals surface area contributed by atoms with Gasteiger partial charge in [-0.05, 0) is 171 Å². The molecule has 8 aliphatic carbocycles. The second-order valence-electron chi connectivity index (χ2n) is 18.1. The molecule has 0 heterocycles. The van der Waals surface area contributed by atoms with Gasteiger partial charge >= 0.3 is 0 Å². The standard InChI is InChI=1S/C42H54NOPS/c1-40(2,3)46(44)43(4)39(36-14-9-11-34-10-5-6-12-35(34)36)37-13-7-8-15-38(37)45(41-22-28-16-29(23-41)18-30(17-28)24-41)42-25-31-19-32(26-42)21-33(20-31)27-42/h5-15,28-33,39H,16-27H2,1-4H3/t28?,29?,30?,31?,32?,33?,39-,41?,42?,45?,46-/m1/s1. The van der Waals surface area contributed by atoms with Gasteiger partial charge in [-0.15, -0.1) is 0 Å². The number of fused-ring (bicyclic) bond motifs is 1. The smallest absolute Gasteiger partial charge is 0.100 e. The average Bonchev–Trinajstić information content (AvgIpc) is 2.99. The molecule has 8 aliphatic rings. The van der Waals surface area contributed by atoms with Crippen molar-refractivity contribution in [3.05, 3.63) is 77.9 Å². The summed E-state index contributed by atoms with van der Waals surface area (Å²) in [6.45, 7) is 6.43. The van der Waals surface area contributed by atoms with E-state index >= 15 is 0 Å². The predicted molar refractivity (Wildman–Crippen MR) is 196 cm³/mol. The van der Waals surface area contributed by atoms with Gasteiger partial charge in [0.2, 0.25) is 0 Å². The summed E-state index contributed by atoms with van der Waals surface area (Å²) < 4.78 is 16.4. The third-order valence-corrected chi connectivity index (χ3v) is 19.4. The Morgan fingerprint density at radius 2 is 1.09 bits per heavy atom. The summed E-state index contributed by atoms with van der Waals surface area (Å²) in [6.07, 6.45) is 18.0. The van der Waals surface area contributed by atoms with Crippen molar-refractivity contribution in [2.45, 2.75) is 119 Å². The highest BCUT2D eigenvalue weighted by molar-refractivity contribution is 7.84. The fraction of sp³-hybridized carbons (Fsp3) is 0.619. The number of benzene rings is 3. The topological polar surface area (TPSA) is 20.3 Å². The van der Waals surface area contributed by atoms with E-state index in [0.29, 0.717) is 10.3 Å².